The summed E-state index contributed by atoms with van der Waals surface area (Å²) in [6.07, 6.45) is 2.67. The van der Waals surface area contributed by atoms with Crippen LogP contribution in [0.15, 0.2) is 35.8 Å². The van der Waals surface area contributed by atoms with Gasteiger partial charge in [-0.2, -0.15) is 0 Å². The van der Waals surface area contributed by atoms with Gasteiger partial charge >= 0.3 is 0 Å². The van der Waals surface area contributed by atoms with E-state index >= 15 is 0 Å². The first-order valence-electron chi connectivity index (χ1n) is 7.61. The lowest BCUT2D eigenvalue weighted by atomic mass is 10.1. The van der Waals surface area contributed by atoms with Gasteiger partial charge < -0.3 is 5.32 Å². The summed E-state index contributed by atoms with van der Waals surface area (Å²) < 4.78 is 0. The topological polar surface area (TPSA) is 28.2 Å². The van der Waals surface area contributed by atoms with Crippen LogP contribution in [-0.2, 0) is 6.54 Å². The van der Waals surface area contributed by atoms with Crippen molar-refractivity contribution in [3.8, 4) is 0 Å². The molecule has 2 aromatic rings. The summed E-state index contributed by atoms with van der Waals surface area (Å²) in [5.41, 5.74) is 4.49. The number of rotatable bonds is 7. The third-order valence-electron chi connectivity index (χ3n) is 4.13. The molecule has 4 heteroatoms. The molecule has 1 aliphatic rings. The van der Waals surface area contributed by atoms with Crippen LogP contribution in [0.3, 0.4) is 0 Å². The maximum absolute atomic E-state index is 4.36. The molecule has 3 nitrogen and oxygen atoms in total. The summed E-state index contributed by atoms with van der Waals surface area (Å²) in [7, 11) is 2.21. The molecule has 1 aromatic heterocycles. The molecule has 21 heavy (non-hydrogen) atoms. The van der Waals surface area contributed by atoms with E-state index < -0.39 is 0 Å². The van der Waals surface area contributed by atoms with Crippen LogP contribution in [0.25, 0.3) is 0 Å². The smallest absolute Gasteiger partial charge is 0.0798 e. The van der Waals surface area contributed by atoms with Crippen molar-refractivity contribution in [2.45, 2.75) is 38.4 Å². The summed E-state index contributed by atoms with van der Waals surface area (Å²) in [4.78, 5) is 8.16. The molecular weight excluding hydrogens is 278 g/mol. The van der Waals surface area contributed by atoms with E-state index in [-0.39, 0.29) is 0 Å². The van der Waals surface area contributed by atoms with Crippen molar-refractivity contribution >= 4 is 11.3 Å². The Kier molecular flexibility index (Phi) is 4.68. The number of hydrogen-bond acceptors (Lipinski definition) is 4. The number of nitrogens with one attached hydrogen (secondary N) is 1. The van der Waals surface area contributed by atoms with Gasteiger partial charge in [0.25, 0.3) is 0 Å². The number of thiazole rings is 1. The molecule has 1 saturated carbocycles. The molecule has 1 fully saturated rings. The van der Waals surface area contributed by atoms with E-state index in [1.807, 2.05) is 5.51 Å². The Hall–Kier alpha value is -1.23. The zero-order chi connectivity index (χ0) is 14.7. The van der Waals surface area contributed by atoms with Gasteiger partial charge in [0.05, 0.1) is 11.2 Å². The maximum atomic E-state index is 4.36. The van der Waals surface area contributed by atoms with Gasteiger partial charge in [0.1, 0.15) is 0 Å². The molecule has 1 aromatic carbocycles. The molecule has 0 amide bonds. The fraction of sp³-hybridized carbons (Fsp3) is 0.471. The van der Waals surface area contributed by atoms with Gasteiger partial charge in [-0.3, -0.25) is 4.90 Å². The second-order valence-corrected chi connectivity index (χ2v) is 6.82. The van der Waals surface area contributed by atoms with Gasteiger partial charge in [-0.05, 0) is 32.4 Å². The second-order valence-electron chi connectivity index (χ2n) is 5.89. The monoisotopic (exact) mass is 301 g/mol. The van der Waals surface area contributed by atoms with Crippen LogP contribution in [0.4, 0.5) is 0 Å². The van der Waals surface area contributed by atoms with E-state index in [1.54, 1.807) is 11.3 Å². The number of aromatic nitrogens is 1. The zero-order valence-electron chi connectivity index (χ0n) is 12.7. The van der Waals surface area contributed by atoms with Crippen molar-refractivity contribution in [1.29, 1.82) is 0 Å². The van der Waals surface area contributed by atoms with Crippen LogP contribution in [0.2, 0.25) is 0 Å². The molecular formula is C17H23N3S. The Morgan fingerprint density at radius 2 is 2.10 bits per heavy atom. The molecule has 112 valence electrons. The van der Waals surface area contributed by atoms with Crippen molar-refractivity contribution in [3.63, 3.8) is 0 Å². The average molecular weight is 301 g/mol. The first-order chi connectivity index (χ1) is 10.2. The number of hydrogen-bond donors (Lipinski definition) is 1. The van der Waals surface area contributed by atoms with Gasteiger partial charge in [-0.15, -0.1) is 11.3 Å². The highest BCUT2D eigenvalue weighted by Gasteiger charge is 2.24. The van der Waals surface area contributed by atoms with Crippen molar-refractivity contribution in [3.05, 3.63) is 52.0 Å². The average Bonchev–Trinajstić information content (AvgIpc) is 3.24. The van der Waals surface area contributed by atoms with Crippen LogP contribution in [0.5, 0.6) is 0 Å². The molecule has 0 aliphatic heterocycles. The van der Waals surface area contributed by atoms with Gasteiger partial charge in [0.2, 0.25) is 0 Å². The lowest BCUT2D eigenvalue weighted by Gasteiger charge is -2.28. The Morgan fingerprint density at radius 1 is 1.33 bits per heavy atom. The third-order valence-corrected chi connectivity index (χ3v) is 5.05. The largest absolute Gasteiger partial charge is 0.312 e. The van der Waals surface area contributed by atoms with Gasteiger partial charge in [0.15, 0.2) is 0 Å². The van der Waals surface area contributed by atoms with E-state index in [0.29, 0.717) is 6.04 Å². The summed E-state index contributed by atoms with van der Waals surface area (Å²) in [6, 6.07) is 12.0. The minimum Gasteiger partial charge on any atom is -0.312 e. The molecule has 1 N–H and O–H groups in total. The summed E-state index contributed by atoms with van der Waals surface area (Å²) in [5, 5.41) is 3.68. The van der Waals surface area contributed by atoms with E-state index in [9.17, 15) is 0 Å². The quantitative estimate of drug-likeness (QED) is 0.850. The van der Waals surface area contributed by atoms with Gasteiger partial charge in [-0.25, -0.2) is 4.98 Å². The zero-order valence-corrected chi connectivity index (χ0v) is 13.6. The molecule has 0 saturated heterocycles. The SMILES string of the molecule is Cc1ncsc1CN(C)C(CNC1CC1)c1ccccc1. The standard InChI is InChI=1S/C17H23N3S/c1-13-17(21-12-19-13)11-20(2)16(10-18-15-8-9-15)14-6-4-3-5-7-14/h3-7,12,15-16,18H,8-11H2,1-2H3. The lowest BCUT2D eigenvalue weighted by molar-refractivity contribution is 0.230. The van der Waals surface area contributed by atoms with Crippen molar-refractivity contribution < 1.29 is 0 Å². The van der Waals surface area contributed by atoms with Gasteiger partial charge in [0, 0.05) is 30.1 Å². The minimum absolute atomic E-state index is 0.410. The number of benzene rings is 1. The van der Waals surface area contributed by atoms with Crippen molar-refractivity contribution in [2.24, 2.45) is 0 Å². The van der Waals surface area contributed by atoms with Crippen LogP contribution in [-0.4, -0.2) is 29.5 Å². The van der Waals surface area contributed by atoms with Crippen LogP contribution >= 0.6 is 11.3 Å². The summed E-state index contributed by atoms with van der Waals surface area (Å²) in [5.74, 6) is 0. The summed E-state index contributed by atoms with van der Waals surface area (Å²) >= 11 is 1.75. The maximum Gasteiger partial charge on any atom is 0.0798 e. The predicted octanol–water partition coefficient (Wildman–Crippen LogP) is 3.38. The number of likely N-dealkylation sites (N-methyl/N-ethyl adjacent to an activating group) is 1. The normalized spacial score (nSPS) is 16.3. The van der Waals surface area contributed by atoms with E-state index in [1.165, 1.54) is 23.3 Å². The second kappa shape index (κ2) is 6.69. The third kappa shape index (κ3) is 3.90. The molecule has 1 atom stereocenters. The van der Waals surface area contributed by atoms with Gasteiger partial charge in [-0.1, -0.05) is 30.3 Å². The molecule has 0 spiro atoms. The highest BCUT2D eigenvalue weighted by Crippen LogP contribution is 2.25. The number of aryl methyl sites for hydroxylation is 1. The van der Waals surface area contributed by atoms with Crippen LogP contribution < -0.4 is 5.32 Å². The fourth-order valence-corrected chi connectivity index (χ4v) is 3.42. The van der Waals surface area contributed by atoms with Crippen LogP contribution in [0.1, 0.15) is 35.0 Å². The van der Waals surface area contributed by atoms with E-state index in [4.69, 9.17) is 0 Å². The Morgan fingerprint density at radius 3 is 2.71 bits per heavy atom. The first-order valence-corrected chi connectivity index (χ1v) is 8.49. The highest BCUT2D eigenvalue weighted by atomic mass is 32.1. The molecule has 3 rings (SSSR count). The lowest BCUT2D eigenvalue weighted by Crippen LogP contribution is -2.34. The van der Waals surface area contributed by atoms with E-state index in [2.05, 4.69) is 59.5 Å². The highest BCUT2D eigenvalue weighted by molar-refractivity contribution is 7.09. The number of nitrogens with zero attached hydrogens (tertiary/aromatic N) is 2. The summed E-state index contributed by atoms with van der Waals surface area (Å²) in [6.45, 7) is 4.07. The molecule has 1 unspecified atom stereocenters. The Balaban J connectivity index is 1.71. The van der Waals surface area contributed by atoms with Crippen molar-refractivity contribution in [2.75, 3.05) is 13.6 Å². The molecule has 0 bridgehead atoms. The molecule has 1 heterocycles. The first kappa shape index (κ1) is 14.7. The molecule has 0 radical (unpaired) electrons. The van der Waals surface area contributed by atoms with E-state index in [0.717, 1.165) is 24.8 Å². The predicted molar refractivity (Wildman–Crippen MR) is 88.5 cm³/mol. The Bertz CT molecular complexity index is 562. The minimum atomic E-state index is 0.410. The van der Waals surface area contributed by atoms with Crippen LogP contribution in [0, 0.1) is 6.92 Å². The van der Waals surface area contributed by atoms with Crippen molar-refractivity contribution in [1.82, 2.24) is 15.2 Å². The fourth-order valence-electron chi connectivity index (χ4n) is 2.58. The Labute approximate surface area is 131 Å². The molecule has 1 aliphatic carbocycles.